The Balaban J connectivity index is 0.000000880. The number of benzene rings is 1. The first-order valence-electron chi connectivity index (χ1n) is 8.24. The second kappa shape index (κ2) is 7.81. The van der Waals surface area contributed by atoms with Gasteiger partial charge in [0.2, 0.25) is 0 Å². The van der Waals surface area contributed by atoms with Gasteiger partial charge in [0.1, 0.15) is 0 Å². The van der Waals surface area contributed by atoms with Crippen LogP contribution in [0.1, 0.15) is 13.8 Å². The minimum absolute atomic E-state index is 0.738. The molecule has 0 amide bonds. The molecule has 3 heterocycles. The summed E-state index contributed by atoms with van der Waals surface area (Å²) < 4.78 is 2.05. The van der Waals surface area contributed by atoms with Crippen LogP contribution in [0.5, 0.6) is 0 Å². The van der Waals surface area contributed by atoms with Gasteiger partial charge in [-0.05, 0) is 29.6 Å². The summed E-state index contributed by atoms with van der Waals surface area (Å²) in [5.41, 5.74) is 5.05. The van der Waals surface area contributed by atoms with Crippen LogP contribution in [-0.2, 0) is 0 Å². The van der Waals surface area contributed by atoms with E-state index in [1.165, 1.54) is 0 Å². The number of nitrogens with one attached hydrogen (secondary N) is 2. The Kier molecular flexibility index (Phi) is 5.30. The van der Waals surface area contributed by atoms with E-state index < -0.39 is 0 Å². The molecule has 0 unspecified atom stereocenters. The first-order valence-corrected chi connectivity index (χ1v) is 9.19. The maximum atomic E-state index is 4.54. The average molecular weight is 351 g/mol. The van der Waals surface area contributed by atoms with Gasteiger partial charge in [0.05, 0.1) is 11.9 Å². The van der Waals surface area contributed by atoms with Gasteiger partial charge in [-0.3, -0.25) is 4.40 Å². The summed E-state index contributed by atoms with van der Waals surface area (Å²) in [5, 5.41) is 10.7. The van der Waals surface area contributed by atoms with E-state index in [4.69, 9.17) is 0 Å². The van der Waals surface area contributed by atoms with Gasteiger partial charge in [0.25, 0.3) is 0 Å². The fourth-order valence-corrected chi connectivity index (χ4v) is 3.17. The second-order valence-electron chi connectivity index (χ2n) is 5.08. The smallest absolute Gasteiger partial charge is 0.180 e. The van der Waals surface area contributed by atoms with Crippen molar-refractivity contribution in [3.8, 4) is 11.3 Å². The molecule has 3 aromatic heterocycles. The van der Waals surface area contributed by atoms with Crippen molar-refractivity contribution >= 4 is 34.2 Å². The fraction of sp³-hybridized carbons (Fsp3) is 0.158. The van der Waals surface area contributed by atoms with Crippen LogP contribution in [0.4, 0.5) is 17.2 Å². The van der Waals surface area contributed by atoms with Gasteiger partial charge in [-0.15, -0.1) is 0 Å². The highest BCUT2D eigenvalue weighted by molar-refractivity contribution is 7.08. The lowest BCUT2D eigenvalue weighted by atomic mass is 10.2. The molecule has 0 bridgehead atoms. The Bertz CT molecular complexity index is 944. The Morgan fingerprint density at radius 1 is 1.08 bits per heavy atom. The van der Waals surface area contributed by atoms with E-state index in [9.17, 15) is 0 Å². The summed E-state index contributed by atoms with van der Waals surface area (Å²) >= 11 is 1.68. The SMILES string of the molecule is CC.CNc1cccc(Nc2nccn3c(-c4ccsc4)cnc23)c1. The van der Waals surface area contributed by atoms with Crippen molar-refractivity contribution in [1.29, 1.82) is 0 Å². The van der Waals surface area contributed by atoms with Gasteiger partial charge in [-0.1, -0.05) is 19.9 Å². The van der Waals surface area contributed by atoms with Gasteiger partial charge in [-0.25, -0.2) is 9.97 Å². The second-order valence-corrected chi connectivity index (χ2v) is 5.86. The van der Waals surface area contributed by atoms with Crippen molar-refractivity contribution < 1.29 is 0 Å². The summed E-state index contributed by atoms with van der Waals surface area (Å²) in [4.78, 5) is 8.98. The molecule has 0 spiro atoms. The van der Waals surface area contributed by atoms with Gasteiger partial charge >= 0.3 is 0 Å². The van der Waals surface area contributed by atoms with Crippen molar-refractivity contribution in [3.05, 3.63) is 59.7 Å². The standard InChI is InChI=1S/C17H15N5S.C2H6/c1-18-13-3-2-4-14(9-13)21-16-17-20-10-15(12-5-8-23-11-12)22(17)7-6-19-16;1-2/h2-11,18H,1H3,(H,19,21);1-2H3. The number of thiophene rings is 1. The highest BCUT2D eigenvalue weighted by Gasteiger charge is 2.10. The predicted octanol–water partition coefficient (Wildman–Crippen LogP) is 5.27. The number of aromatic nitrogens is 3. The van der Waals surface area contributed by atoms with Crippen molar-refractivity contribution in [1.82, 2.24) is 14.4 Å². The molecular weight excluding hydrogens is 330 g/mol. The number of anilines is 3. The minimum Gasteiger partial charge on any atom is -0.388 e. The molecule has 5 nitrogen and oxygen atoms in total. The van der Waals surface area contributed by atoms with Gasteiger partial charge < -0.3 is 10.6 Å². The van der Waals surface area contributed by atoms with E-state index in [0.717, 1.165) is 34.1 Å². The molecule has 0 radical (unpaired) electrons. The number of nitrogens with zero attached hydrogens (tertiary/aromatic N) is 3. The number of imidazole rings is 1. The molecule has 4 aromatic rings. The first kappa shape index (κ1) is 17.0. The molecule has 25 heavy (non-hydrogen) atoms. The zero-order chi connectivity index (χ0) is 17.6. The van der Waals surface area contributed by atoms with Gasteiger partial charge in [-0.2, -0.15) is 11.3 Å². The summed E-state index contributed by atoms with van der Waals surface area (Å²) in [5.74, 6) is 0.738. The Morgan fingerprint density at radius 2 is 1.92 bits per heavy atom. The quantitative estimate of drug-likeness (QED) is 0.526. The van der Waals surface area contributed by atoms with Gasteiger partial charge in [0, 0.05) is 41.8 Å². The average Bonchev–Trinajstić information content (AvgIpc) is 3.33. The third-order valence-electron chi connectivity index (χ3n) is 3.66. The molecule has 2 N–H and O–H groups in total. The lowest BCUT2D eigenvalue weighted by Gasteiger charge is -2.09. The number of fused-ring (bicyclic) bond motifs is 1. The van der Waals surface area contributed by atoms with Crippen LogP contribution in [0.3, 0.4) is 0 Å². The lowest BCUT2D eigenvalue weighted by Crippen LogP contribution is -1.99. The largest absolute Gasteiger partial charge is 0.388 e. The van der Waals surface area contributed by atoms with E-state index in [-0.39, 0.29) is 0 Å². The third-order valence-corrected chi connectivity index (χ3v) is 4.34. The molecule has 6 heteroatoms. The van der Waals surface area contributed by atoms with Crippen LogP contribution in [0.25, 0.3) is 16.9 Å². The maximum absolute atomic E-state index is 4.54. The van der Waals surface area contributed by atoms with E-state index >= 15 is 0 Å². The molecule has 0 saturated carbocycles. The van der Waals surface area contributed by atoms with Crippen molar-refractivity contribution in [2.24, 2.45) is 0 Å². The number of rotatable bonds is 4. The van der Waals surface area contributed by atoms with Crippen LogP contribution >= 0.6 is 11.3 Å². The fourth-order valence-electron chi connectivity index (χ4n) is 2.52. The zero-order valence-electron chi connectivity index (χ0n) is 14.5. The first-order chi connectivity index (χ1) is 12.3. The van der Waals surface area contributed by atoms with Gasteiger partial charge in [0.15, 0.2) is 11.5 Å². The normalized spacial score (nSPS) is 10.2. The molecule has 128 valence electrons. The third kappa shape index (κ3) is 3.49. The summed E-state index contributed by atoms with van der Waals surface area (Å²) in [6.45, 7) is 4.00. The molecule has 0 aliphatic heterocycles. The Morgan fingerprint density at radius 3 is 2.68 bits per heavy atom. The van der Waals surface area contributed by atoms with E-state index in [2.05, 4.69) is 41.8 Å². The number of hydrogen-bond acceptors (Lipinski definition) is 5. The summed E-state index contributed by atoms with van der Waals surface area (Å²) in [7, 11) is 1.90. The maximum Gasteiger partial charge on any atom is 0.180 e. The molecule has 0 atom stereocenters. The molecular formula is C19H21N5S. The predicted molar refractivity (Wildman–Crippen MR) is 107 cm³/mol. The van der Waals surface area contributed by atoms with E-state index in [0.29, 0.717) is 0 Å². The minimum atomic E-state index is 0.738. The van der Waals surface area contributed by atoms with Crippen LogP contribution in [0.2, 0.25) is 0 Å². The Labute approximate surface area is 151 Å². The highest BCUT2D eigenvalue weighted by Crippen LogP contribution is 2.27. The van der Waals surface area contributed by atoms with Crippen LogP contribution in [0.15, 0.2) is 59.7 Å². The molecule has 0 saturated heterocycles. The van der Waals surface area contributed by atoms with Crippen LogP contribution < -0.4 is 10.6 Å². The van der Waals surface area contributed by atoms with Crippen LogP contribution in [0, 0.1) is 0 Å². The summed E-state index contributed by atoms with van der Waals surface area (Å²) in [6, 6.07) is 10.2. The van der Waals surface area contributed by atoms with E-state index in [1.807, 2.05) is 57.6 Å². The van der Waals surface area contributed by atoms with E-state index in [1.54, 1.807) is 17.5 Å². The Hall–Kier alpha value is -2.86. The molecule has 0 aliphatic carbocycles. The molecule has 0 fully saturated rings. The van der Waals surface area contributed by atoms with Crippen LogP contribution in [-0.4, -0.2) is 21.4 Å². The summed E-state index contributed by atoms with van der Waals surface area (Å²) in [6.07, 6.45) is 5.60. The number of hydrogen-bond donors (Lipinski definition) is 2. The van der Waals surface area contributed by atoms with Crippen molar-refractivity contribution in [2.75, 3.05) is 17.7 Å². The molecule has 0 aliphatic rings. The molecule has 4 rings (SSSR count). The highest BCUT2D eigenvalue weighted by atomic mass is 32.1. The topological polar surface area (TPSA) is 54.2 Å². The lowest BCUT2D eigenvalue weighted by molar-refractivity contribution is 1.13. The monoisotopic (exact) mass is 351 g/mol. The zero-order valence-corrected chi connectivity index (χ0v) is 15.3. The molecule has 1 aromatic carbocycles. The van der Waals surface area contributed by atoms with Crippen molar-refractivity contribution in [3.63, 3.8) is 0 Å². The van der Waals surface area contributed by atoms with Crippen molar-refractivity contribution in [2.45, 2.75) is 13.8 Å².